The van der Waals surface area contributed by atoms with Crippen LogP contribution in [0.5, 0.6) is 0 Å². The maximum absolute atomic E-state index is 10.1. The largest absolute Gasteiger partial charge is 0.480 e. The summed E-state index contributed by atoms with van der Waals surface area (Å²) in [4.78, 5) is 30.2. The average molecular weight is 329 g/mol. The Labute approximate surface area is 129 Å². The van der Waals surface area contributed by atoms with Crippen molar-refractivity contribution >= 4 is 43.2 Å². The second-order valence-corrected chi connectivity index (χ2v) is 5.25. The van der Waals surface area contributed by atoms with Gasteiger partial charge in [0.2, 0.25) is 0 Å². The maximum atomic E-state index is 10.1. The van der Waals surface area contributed by atoms with E-state index in [1.807, 2.05) is 13.8 Å². The Morgan fingerprint density at radius 1 is 0.950 bits per heavy atom. The molecule has 0 aromatic heterocycles. The Balaban J connectivity index is -0.000000277. The van der Waals surface area contributed by atoms with E-state index < -0.39 is 34.4 Å². The minimum absolute atomic E-state index is 0. The molecule has 7 nitrogen and oxygen atoms in total. The minimum atomic E-state index is -1.29. The van der Waals surface area contributed by atoms with Gasteiger partial charge in [-0.25, -0.2) is 0 Å². The van der Waals surface area contributed by atoms with Crippen LogP contribution in [-0.4, -0.2) is 49.8 Å². The predicted octanol–water partition coefficient (Wildman–Crippen LogP) is 0.833. The first-order valence-electron chi connectivity index (χ1n) is 5.30. The van der Waals surface area contributed by atoms with Crippen molar-refractivity contribution in [3.05, 3.63) is 0 Å². The molecule has 0 saturated carbocycles. The molecule has 0 heterocycles. The Morgan fingerprint density at radius 2 is 1.25 bits per heavy atom. The van der Waals surface area contributed by atoms with Gasteiger partial charge in [-0.3, -0.25) is 14.4 Å². The highest BCUT2D eigenvalue weighted by Gasteiger charge is 2.26. The SMILES string of the molecule is C.CC(C)CC(N)C(=O)O.O=C(O)C(S)C(S)C(=O)O. The Morgan fingerprint density at radius 3 is 1.35 bits per heavy atom. The molecule has 0 aromatic rings. The molecule has 0 fully saturated rings. The first-order chi connectivity index (χ1) is 8.50. The molecule has 0 rings (SSSR count). The van der Waals surface area contributed by atoms with Crippen LogP contribution in [0.1, 0.15) is 27.7 Å². The molecule has 5 N–H and O–H groups in total. The number of carbonyl (C=O) groups is 3. The third-order valence-corrected chi connectivity index (χ3v) is 3.12. The van der Waals surface area contributed by atoms with Gasteiger partial charge in [0.1, 0.15) is 16.5 Å². The van der Waals surface area contributed by atoms with Crippen LogP contribution in [0.25, 0.3) is 0 Å². The summed E-state index contributed by atoms with van der Waals surface area (Å²) in [5.74, 6) is -3.13. The number of thiol groups is 2. The van der Waals surface area contributed by atoms with Crippen molar-refractivity contribution in [1.82, 2.24) is 0 Å². The van der Waals surface area contributed by atoms with Gasteiger partial charge in [-0.05, 0) is 12.3 Å². The molecule has 9 heteroatoms. The molecular formula is C11H23NO6S2. The molecule has 3 atom stereocenters. The monoisotopic (exact) mass is 329 g/mol. The lowest BCUT2D eigenvalue weighted by Crippen LogP contribution is -2.31. The lowest BCUT2D eigenvalue weighted by Gasteiger charge is -2.07. The summed E-state index contributed by atoms with van der Waals surface area (Å²) in [5.41, 5.74) is 5.22. The summed E-state index contributed by atoms with van der Waals surface area (Å²) in [6.45, 7) is 3.89. The van der Waals surface area contributed by atoms with E-state index in [1.54, 1.807) is 0 Å². The van der Waals surface area contributed by atoms with Gasteiger partial charge in [0.15, 0.2) is 0 Å². The second-order valence-electron chi connectivity index (χ2n) is 4.14. The summed E-state index contributed by atoms with van der Waals surface area (Å²) in [6, 6.07) is -0.690. The first kappa shape index (κ1) is 24.1. The van der Waals surface area contributed by atoms with Crippen molar-refractivity contribution in [3.63, 3.8) is 0 Å². The molecule has 0 bridgehead atoms. The van der Waals surface area contributed by atoms with Gasteiger partial charge in [0, 0.05) is 0 Å². The van der Waals surface area contributed by atoms with E-state index in [-0.39, 0.29) is 7.43 Å². The van der Waals surface area contributed by atoms with Crippen LogP contribution in [-0.2, 0) is 14.4 Å². The number of rotatable bonds is 6. The molecule has 0 aliphatic rings. The van der Waals surface area contributed by atoms with E-state index in [0.29, 0.717) is 12.3 Å². The van der Waals surface area contributed by atoms with E-state index >= 15 is 0 Å². The van der Waals surface area contributed by atoms with Gasteiger partial charge < -0.3 is 21.1 Å². The van der Waals surface area contributed by atoms with Crippen molar-refractivity contribution < 1.29 is 29.7 Å². The van der Waals surface area contributed by atoms with Crippen molar-refractivity contribution in [2.24, 2.45) is 11.7 Å². The number of hydrogen-bond donors (Lipinski definition) is 6. The maximum Gasteiger partial charge on any atom is 0.320 e. The number of nitrogens with two attached hydrogens (primary N) is 1. The van der Waals surface area contributed by atoms with Crippen LogP contribution >= 0.6 is 25.3 Å². The van der Waals surface area contributed by atoms with Crippen molar-refractivity contribution in [3.8, 4) is 0 Å². The molecule has 3 unspecified atom stereocenters. The molecule has 0 amide bonds. The normalized spacial score (nSPS) is 14.1. The second kappa shape index (κ2) is 11.9. The van der Waals surface area contributed by atoms with E-state index in [1.165, 1.54) is 0 Å². The molecule has 0 aliphatic carbocycles. The summed E-state index contributed by atoms with van der Waals surface area (Å²) >= 11 is 7.00. The van der Waals surface area contributed by atoms with Crippen LogP contribution in [0.2, 0.25) is 0 Å². The molecule has 0 radical (unpaired) electrons. The fourth-order valence-corrected chi connectivity index (χ4v) is 1.13. The quantitative estimate of drug-likeness (QED) is 0.397. The fourth-order valence-electron chi connectivity index (χ4n) is 0.879. The van der Waals surface area contributed by atoms with Gasteiger partial charge in [0.05, 0.1) is 0 Å². The Kier molecular flexibility index (Phi) is 14.3. The predicted molar refractivity (Wildman–Crippen MR) is 82.6 cm³/mol. The standard InChI is InChI=1S/C6H13NO2.C4H6O4S2.CH4/c1-4(2)3-5(7)6(8)9;5-3(6)1(9)2(10)4(7)8;/h4-5H,3,7H2,1-2H3,(H,8,9);1-2,9-10H,(H,5,6)(H,7,8);1H4. The topological polar surface area (TPSA) is 138 Å². The fraction of sp³-hybridized carbons (Fsp3) is 0.727. The zero-order chi connectivity index (χ0) is 15.7. The molecule has 120 valence electrons. The van der Waals surface area contributed by atoms with Crippen molar-refractivity contribution in [2.45, 2.75) is 44.2 Å². The third-order valence-electron chi connectivity index (χ3n) is 1.85. The Bertz CT molecular complexity index is 306. The van der Waals surface area contributed by atoms with Crippen LogP contribution < -0.4 is 5.73 Å². The third kappa shape index (κ3) is 12.1. The number of carboxylic acids is 3. The van der Waals surface area contributed by atoms with Crippen molar-refractivity contribution in [1.29, 1.82) is 0 Å². The van der Waals surface area contributed by atoms with Crippen molar-refractivity contribution in [2.75, 3.05) is 0 Å². The lowest BCUT2D eigenvalue weighted by atomic mass is 10.1. The van der Waals surface area contributed by atoms with Crippen LogP contribution in [0, 0.1) is 5.92 Å². The molecule has 20 heavy (non-hydrogen) atoms. The van der Waals surface area contributed by atoms with Gasteiger partial charge in [0.25, 0.3) is 0 Å². The van der Waals surface area contributed by atoms with Crippen LogP contribution in [0.15, 0.2) is 0 Å². The molecule has 0 spiro atoms. The molecule has 0 saturated heterocycles. The minimum Gasteiger partial charge on any atom is -0.480 e. The Hall–Kier alpha value is -0.930. The smallest absolute Gasteiger partial charge is 0.320 e. The summed E-state index contributed by atoms with van der Waals surface area (Å²) in [6.07, 6.45) is 0.551. The molecule has 0 aromatic carbocycles. The number of carboxylic acid groups (broad SMARTS) is 3. The zero-order valence-electron chi connectivity index (χ0n) is 10.6. The van der Waals surface area contributed by atoms with Crippen LogP contribution in [0.3, 0.4) is 0 Å². The zero-order valence-corrected chi connectivity index (χ0v) is 12.3. The molecule has 0 aliphatic heterocycles. The highest BCUT2D eigenvalue weighted by atomic mass is 32.1. The van der Waals surface area contributed by atoms with Crippen LogP contribution in [0.4, 0.5) is 0 Å². The van der Waals surface area contributed by atoms with E-state index in [0.717, 1.165) is 0 Å². The lowest BCUT2D eigenvalue weighted by molar-refractivity contribution is -0.142. The van der Waals surface area contributed by atoms with Gasteiger partial charge in [-0.1, -0.05) is 21.3 Å². The molecular weight excluding hydrogens is 306 g/mol. The number of aliphatic carboxylic acids is 3. The van der Waals surface area contributed by atoms with Gasteiger partial charge >= 0.3 is 17.9 Å². The van der Waals surface area contributed by atoms with E-state index in [2.05, 4.69) is 25.3 Å². The van der Waals surface area contributed by atoms with Gasteiger partial charge in [-0.2, -0.15) is 25.3 Å². The highest BCUT2D eigenvalue weighted by Crippen LogP contribution is 2.08. The summed E-state index contributed by atoms with van der Waals surface area (Å²) in [5, 5.41) is 22.2. The summed E-state index contributed by atoms with van der Waals surface area (Å²) in [7, 11) is 0. The van der Waals surface area contributed by atoms with E-state index in [9.17, 15) is 14.4 Å². The first-order valence-corrected chi connectivity index (χ1v) is 6.34. The van der Waals surface area contributed by atoms with E-state index in [4.69, 9.17) is 21.1 Å². The highest BCUT2D eigenvalue weighted by molar-refractivity contribution is 7.86. The average Bonchev–Trinajstić information content (AvgIpc) is 2.26. The summed E-state index contributed by atoms with van der Waals surface area (Å²) < 4.78 is 0. The number of hydrogen-bond acceptors (Lipinski definition) is 6. The van der Waals surface area contributed by atoms with Gasteiger partial charge in [-0.15, -0.1) is 0 Å².